The molecule has 3 N–H and O–H groups in total. The number of rotatable bonds is 8. The second-order valence-corrected chi connectivity index (χ2v) is 10.4. The van der Waals surface area contributed by atoms with Crippen molar-refractivity contribution in [2.24, 2.45) is 5.92 Å². The number of likely N-dealkylation sites (tertiary alicyclic amines) is 1. The molecule has 0 spiro atoms. The van der Waals surface area contributed by atoms with E-state index in [1.165, 1.54) is 7.11 Å². The average Bonchev–Trinajstić information content (AvgIpc) is 3.32. The molecule has 0 aliphatic carbocycles. The monoisotopic (exact) mass is 551 g/mol. The van der Waals surface area contributed by atoms with Gasteiger partial charge in [-0.05, 0) is 48.6 Å². The van der Waals surface area contributed by atoms with Crippen molar-refractivity contribution >= 4 is 35.2 Å². The Labute approximate surface area is 234 Å². The summed E-state index contributed by atoms with van der Waals surface area (Å²) < 4.78 is 5.49. The number of hydrogen-bond acceptors (Lipinski definition) is 6. The molecule has 2 aromatic rings. The highest BCUT2D eigenvalue weighted by molar-refractivity contribution is 6.01. The lowest BCUT2D eigenvalue weighted by Gasteiger charge is -2.37. The summed E-state index contributed by atoms with van der Waals surface area (Å²) in [6.07, 6.45) is 0.832. The summed E-state index contributed by atoms with van der Waals surface area (Å²) in [7, 11) is 1.50. The summed E-state index contributed by atoms with van der Waals surface area (Å²) in [4.78, 5) is 55.6. The Balaban J connectivity index is 1.38. The van der Waals surface area contributed by atoms with Crippen molar-refractivity contribution in [3.05, 3.63) is 53.6 Å². The second kappa shape index (κ2) is 12.8. The number of ether oxygens (including phenoxy) is 1. The second-order valence-electron chi connectivity index (χ2n) is 10.4. The Hall–Kier alpha value is -4.12. The van der Waals surface area contributed by atoms with E-state index in [4.69, 9.17) is 9.84 Å². The molecule has 2 aliphatic heterocycles. The van der Waals surface area contributed by atoms with Gasteiger partial charge in [0.05, 0.1) is 25.8 Å². The van der Waals surface area contributed by atoms with Gasteiger partial charge in [0, 0.05) is 38.4 Å². The lowest BCUT2D eigenvalue weighted by Crippen LogP contribution is -2.56. The first-order valence-corrected chi connectivity index (χ1v) is 13.5. The minimum atomic E-state index is -0.882. The van der Waals surface area contributed by atoms with Gasteiger partial charge in [-0.2, -0.15) is 0 Å². The number of carboxylic acid groups (broad SMARTS) is 1. The number of carbonyl (C=O) groups excluding carboxylic acids is 3. The van der Waals surface area contributed by atoms with Crippen LogP contribution in [-0.4, -0.2) is 96.0 Å². The molecule has 4 amide bonds. The van der Waals surface area contributed by atoms with Gasteiger partial charge in [0.15, 0.2) is 0 Å². The van der Waals surface area contributed by atoms with Crippen LogP contribution < -0.4 is 15.4 Å². The van der Waals surface area contributed by atoms with Gasteiger partial charge in [0.1, 0.15) is 11.8 Å². The molecular weight excluding hydrogens is 514 g/mol. The smallest absolute Gasteiger partial charge is 0.323 e. The summed E-state index contributed by atoms with van der Waals surface area (Å²) in [6, 6.07) is 11.7. The highest BCUT2D eigenvalue weighted by Crippen LogP contribution is 2.29. The Kier molecular flexibility index (Phi) is 9.26. The highest BCUT2D eigenvalue weighted by atomic mass is 16.5. The largest absolute Gasteiger partial charge is 0.495 e. The Bertz CT molecular complexity index is 1260. The quantitative estimate of drug-likeness (QED) is 0.460. The fourth-order valence-electron chi connectivity index (χ4n) is 5.32. The number of urea groups is 1. The molecular formula is C29H37N5O6. The van der Waals surface area contributed by atoms with Crippen LogP contribution in [0.3, 0.4) is 0 Å². The molecule has 0 bridgehead atoms. The van der Waals surface area contributed by atoms with Crippen molar-refractivity contribution in [3.63, 3.8) is 0 Å². The first kappa shape index (κ1) is 28.9. The van der Waals surface area contributed by atoms with Crippen molar-refractivity contribution in [3.8, 4) is 5.75 Å². The molecule has 0 radical (unpaired) electrons. The number of methoxy groups -OCH3 is 1. The number of aryl methyl sites for hydroxylation is 1. The van der Waals surface area contributed by atoms with Crippen LogP contribution in [0.4, 0.5) is 16.2 Å². The molecule has 2 saturated heterocycles. The van der Waals surface area contributed by atoms with Gasteiger partial charge in [0.25, 0.3) is 0 Å². The fourth-order valence-corrected chi connectivity index (χ4v) is 5.32. The Morgan fingerprint density at radius 2 is 1.68 bits per heavy atom. The van der Waals surface area contributed by atoms with Gasteiger partial charge >= 0.3 is 12.0 Å². The lowest BCUT2D eigenvalue weighted by atomic mass is 10.0. The number of carboxylic acids is 1. The van der Waals surface area contributed by atoms with Crippen LogP contribution >= 0.6 is 0 Å². The summed E-state index contributed by atoms with van der Waals surface area (Å²) >= 11 is 0. The molecule has 0 saturated carbocycles. The molecule has 40 heavy (non-hydrogen) atoms. The first-order valence-electron chi connectivity index (χ1n) is 13.5. The van der Waals surface area contributed by atoms with Crippen LogP contribution in [0.15, 0.2) is 42.5 Å². The highest BCUT2D eigenvalue weighted by Gasteiger charge is 2.41. The average molecular weight is 552 g/mol. The summed E-state index contributed by atoms with van der Waals surface area (Å²) in [5.74, 6) is -0.655. The van der Waals surface area contributed by atoms with Crippen molar-refractivity contribution < 1.29 is 29.0 Å². The number of nitrogens with one attached hydrogen (secondary N) is 2. The topological polar surface area (TPSA) is 132 Å². The first-order chi connectivity index (χ1) is 19.2. The van der Waals surface area contributed by atoms with E-state index in [1.54, 1.807) is 28.0 Å². The van der Waals surface area contributed by atoms with Crippen LogP contribution in [-0.2, 0) is 20.8 Å². The van der Waals surface area contributed by atoms with Crippen molar-refractivity contribution in [2.75, 3.05) is 57.0 Å². The third-order valence-corrected chi connectivity index (χ3v) is 7.58. The fraction of sp³-hybridized carbons (Fsp3) is 0.448. The Morgan fingerprint density at radius 1 is 0.975 bits per heavy atom. The lowest BCUT2D eigenvalue weighted by molar-refractivity contribution is -0.146. The van der Waals surface area contributed by atoms with Crippen molar-refractivity contribution in [1.82, 2.24) is 14.7 Å². The third kappa shape index (κ3) is 6.90. The van der Waals surface area contributed by atoms with Crippen molar-refractivity contribution in [2.45, 2.75) is 32.7 Å². The normalized spacial score (nSPS) is 19.3. The van der Waals surface area contributed by atoms with Crippen LogP contribution in [0.2, 0.25) is 0 Å². The molecule has 11 nitrogen and oxygen atoms in total. The van der Waals surface area contributed by atoms with E-state index >= 15 is 0 Å². The minimum absolute atomic E-state index is 0.0291. The predicted octanol–water partition coefficient (Wildman–Crippen LogP) is 2.66. The van der Waals surface area contributed by atoms with Crippen LogP contribution in [0, 0.1) is 12.8 Å². The Morgan fingerprint density at radius 3 is 2.35 bits per heavy atom. The van der Waals surface area contributed by atoms with E-state index in [-0.39, 0.29) is 30.7 Å². The van der Waals surface area contributed by atoms with E-state index in [1.807, 2.05) is 43.0 Å². The maximum absolute atomic E-state index is 13.4. The molecule has 2 aliphatic rings. The van der Waals surface area contributed by atoms with Crippen LogP contribution in [0.1, 0.15) is 24.5 Å². The molecule has 0 unspecified atom stereocenters. The maximum Gasteiger partial charge on any atom is 0.323 e. The number of benzene rings is 2. The summed E-state index contributed by atoms with van der Waals surface area (Å²) in [5.41, 5.74) is 2.81. The predicted molar refractivity (Wildman–Crippen MR) is 150 cm³/mol. The summed E-state index contributed by atoms with van der Waals surface area (Å²) in [5, 5.41) is 14.6. The zero-order chi connectivity index (χ0) is 28.8. The zero-order valence-electron chi connectivity index (χ0n) is 23.2. The van der Waals surface area contributed by atoms with Crippen molar-refractivity contribution in [1.29, 1.82) is 0 Å². The number of aliphatic carboxylic acids is 1. The SMILES string of the molecule is COc1cc(CC(=O)N2CC[C@@H](C)[C@H]2C(=O)N2CCN(CC(=O)O)CC2)ccc1NC(=O)Nc1ccccc1C. The third-order valence-electron chi connectivity index (χ3n) is 7.58. The van der Waals surface area contributed by atoms with Gasteiger partial charge in [0.2, 0.25) is 11.8 Å². The molecule has 0 aromatic heterocycles. The van der Waals surface area contributed by atoms with E-state index in [9.17, 15) is 19.2 Å². The van der Waals surface area contributed by atoms with Gasteiger partial charge < -0.3 is 30.3 Å². The number of amides is 4. The van der Waals surface area contributed by atoms with E-state index in [0.717, 1.165) is 12.0 Å². The number of para-hydroxylation sites is 1. The number of carbonyl (C=O) groups is 4. The minimum Gasteiger partial charge on any atom is -0.495 e. The standard InChI is InChI=1S/C29H37N5O6/c1-19-6-4-5-7-22(19)30-29(39)31-23-9-8-21(16-24(23)40-3)17-25(35)34-11-10-20(2)27(34)28(38)33-14-12-32(13-15-33)18-26(36)37/h4-9,16,20,27H,10-15,17-18H2,1-3H3,(H,36,37)(H2,30,31,39)/t20-,27+/m1/s1. The molecule has 214 valence electrons. The van der Waals surface area contributed by atoms with E-state index < -0.39 is 18.0 Å². The van der Waals surface area contributed by atoms with E-state index in [2.05, 4.69) is 10.6 Å². The number of nitrogens with zero attached hydrogens (tertiary/aromatic N) is 3. The molecule has 2 fully saturated rings. The molecule has 2 heterocycles. The maximum atomic E-state index is 13.4. The van der Waals surface area contributed by atoms with Crippen LogP contribution in [0.25, 0.3) is 0 Å². The van der Waals surface area contributed by atoms with E-state index in [0.29, 0.717) is 55.4 Å². The number of anilines is 2. The molecule has 4 rings (SSSR count). The number of hydrogen-bond donors (Lipinski definition) is 3. The van der Waals surface area contributed by atoms with Gasteiger partial charge in [-0.15, -0.1) is 0 Å². The molecule has 2 aromatic carbocycles. The number of piperazine rings is 1. The molecule has 11 heteroatoms. The van der Waals surface area contributed by atoms with Gasteiger partial charge in [-0.1, -0.05) is 31.2 Å². The molecule has 2 atom stereocenters. The summed E-state index contributed by atoms with van der Waals surface area (Å²) in [6.45, 7) is 6.24. The van der Waals surface area contributed by atoms with Gasteiger partial charge in [-0.25, -0.2) is 4.79 Å². The van der Waals surface area contributed by atoms with Crippen LogP contribution in [0.5, 0.6) is 5.75 Å². The zero-order valence-corrected chi connectivity index (χ0v) is 23.2. The van der Waals surface area contributed by atoms with Gasteiger partial charge in [-0.3, -0.25) is 19.3 Å².